The number of amides is 3. The first kappa shape index (κ1) is 20.4. The number of nitrogens with zero attached hydrogens (tertiary/aromatic N) is 2. The van der Waals surface area contributed by atoms with Gasteiger partial charge in [-0.25, -0.2) is 4.98 Å². The highest BCUT2D eigenvalue weighted by molar-refractivity contribution is 5.93. The molecule has 2 rings (SSSR count). The highest BCUT2D eigenvalue weighted by Gasteiger charge is 2.37. The fourth-order valence-corrected chi connectivity index (χ4v) is 3.00. The zero-order chi connectivity index (χ0) is 20.0. The van der Waals surface area contributed by atoms with Crippen LogP contribution in [0.3, 0.4) is 0 Å². The number of nitrogens with two attached hydrogens (primary N) is 1. The Hall–Kier alpha value is -2.95. The molecular formula is C16H23N5O6. The number of carboxylic acid groups (broad SMARTS) is 1. The molecule has 0 aliphatic carbocycles. The standard InChI is InChI=1S/C16H23N5O6/c17-14(25)11-2-1-5-21(11)16(27)10(6-9-7-18-8-19-9)20-15(26)12(22)3-4-13(23)24/h7-8,10-12,22H,1-6H2,(H2,17,25)(H,18,19)(H,20,26)(H,23,24)/t10-,11-,12?/m0/s1. The monoisotopic (exact) mass is 381 g/mol. The number of carbonyl (C=O) groups excluding carboxylic acids is 3. The smallest absolute Gasteiger partial charge is 0.303 e. The largest absolute Gasteiger partial charge is 0.481 e. The van der Waals surface area contributed by atoms with Crippen LogP contribution < -0.4 is 11.1 Å². The van der Waals surface area contributed by atoms with Crippen molar-refractivity contribution in [2.45, 2.75) is 50.3 Å². The number of imidazole rings is 1. The van der Waals surface area contributed by atoms with Gasteiger partial charge in [0.15, 0.2) is 0 Å². The fraction of sp³-hybridized carbons (Fsp3) is 0.562. The van der Waals surface area contributed by atoms with Gasteiger partial charge in [0.1, 0.15) is 18.2 Å². The lowest BCUT2D eigenvalue weighted by Crippen LogP contribution is -2.55. The average Bonchev–Trinajstić information content (AvgIpc) is 3.29. The van der Waals surface area contributed by atoms with Gasteiger partial charge in [0.25, 0.3) is 0 Å². The second-order valence-corrected chi connectivity index (χ2v) is 6.38. The first-order valence-corrected chi connectivity index (χ1v) is 8.57. The Kier molecular flexibility index (Phi) is 6.88. The predicted octanol–water partition coefficient (Wildman–Crippen LogP) is -1.86. The number of aliphatic hydroxyl groups is 1. The molecule has 1 aromatic rings. The number of aliphatic hydroxyl groups excluding tert-OH is 1. The number of carboxylic acids is 1. The molecule has 2 heterocycles. The van der Waals surface area contributed by atoms with Crippen molar-refractivity contribution in [2.75, 3.05) is 6.54 Å². The third kappa shape index (κ3) is 5.51. The summed E-state index contributed by atoms with van der Waals surface area (Å²) in [6.07, 6.45) is 1.81. The maximum atomic E-state index is 12.9. The molecule has 27 heavy (non-hydrogen) atoms. The van der Waals surface area contributed by atoms with E-state index in [0.29, 0.717) is 25.1 Å². The molecule has 1 unspecified atom stereocenters. The van der Waals surface area contributed by atoms with E-state index in [0.717, 1.165) is 0 Å². The number of likely N-dealkylation sites (tertiary alicyclic amines) is 1. The van der Waals surface area contributed by atoms with Gasteiger partial charge in [-0.05, 0) is 19.3 Å². The van der Waals surface area contributed by atoms with Crippen molar-refractivity contribution in [3.8, 4) is 0 Å². The lowest BCUT2D eigenvalue weighted by molar-refractivity contribution is -0.142. The summed E-state index contributed by atoms with van der Waals surface area (Å²) in [4.78, 5) is 55.2. The molecule has 1 fully saturated rings. The van der Waals surface area contributed by atoms with E-state index >= 15 is 0 Å². The number of hydrogen-bond acceptors (Lipinski definition) is 6. The van der Waals surface area contributed by atoms with E-state index < -0.39 is 41.9 Å². The topological polar surface area (TPSA) is 179 Å². The van der Waals surface area contributed by atoms with Gasteiger partial charge >= 0.3 is 5.97 Å². The second-order valence-electron chi connectivity index (χ2n) is 6.38. The van der Waals surface area contributed by atoms with Crippen molar-refractivity contribution in [3.63, 3.8) is 0 Å². The molecule has 0 saturated carbocycles. The van der Waals surface area contributed by atoms with Gasteiger partial charge in [-0.1, -0.05) is 0 Å². The average molecular weight is 381 g/mol. The van der Waals surface area contributed by atoms with Gasteiger partial charge in [-0.2, -0.15) is 0 Å². The maximum absolute atomic E-state index is 12.9. The summed E-state index contributed by atoms with van der Waals surface area (Å²) < 4.78 is 0. The fourth-order valence-electron chi connectivity index (χ4n) is 3.00. The molecule has 1 aliphatic rings. The molecule has 148 valence electrons. The van der Waals surface area contributed by atoms with Gasteiger partial charge in [0.05, 0.1) is 6.33 Å². The number of aromatic nitrogens is 2. The van der Waals surface area contributed by atoms with E-state index in [9.17, 15) is 24.3 Å². The van der Waals surface area contributed by atoms with Gasteiger partial charge in [0.2, 0.25) is 17.7 Å². The normalized spacial score (nSPS) is 18.7. The highest BCUT2D eigenvalue weighted by atomic mass is 16.4. The maximum Gasteiger partial charge on any atom is 0.303 e. The Balaban J connectivity index is 2.11. The minimum absolute atomic E-state index is 0.0677. The summed E-state index contributed by atoms with van der Waals surface area (Å²) in [6, 6.07) is -1.80. The Bertz CT molecular complexity index is 691. The van der Waals surface area contributed by atoms with Crippen molar-refractivity contribution in [3.05, 3.63) is 18.2 Å². The molecule has 6 N–H and O–H groups in total. The SMILES string of the molecule is NC(=O)[C@@H]1CCCN1C(=O)[C@H](Cc1cnc[nH]1)NC(=O)C(O)CCC(=O)O. The van der Waals surface area contributed by atoms with E-state index in [1.807, 2.05) is 0 Å². The minimum Gasteiger partial charge on any atom is -0.481 e. The number of hydrogen-bond donors (Lipinski definition) is 5. The van der Waals surface area contributed by atoms with Crippen LogP contribution >= 0.6 is 0 Å². The van der Waals surface area contributed by atoms with Gasteiger partial charge in [-0.15, -0.1) is 0 Å². The quantitative estimate of drug-likeness (QED) is 0.333. The third-order valence-electron chi connectivity index (χ3n) is 4.39. The number of rotatable bonds is 9. The summed E-state index contributed by atoms with van der Waals surface area (Å²) in [5.41, 5.74) is 5.92. The van der Waals surface area contributed by atoms with Crippen LogP contribution in [0.1, 0.15) is 31.4 Å². The number of aromatic amines is 1. The molecule has 0 radical (unpaired) electrons. The van der Waals surface area contributed by atoms with Crippen LogP contribution in [-0.2, 0) is 25.6 Å². The molecule has 0 spiro atoms. The molecule has 1 aliphatic heterocycles. The summed E-state index contributed by atoms with van der Waals surface area (Å²) in [5.74, 6) is -3.11. The summed E-state index contributed by atoms with van der Waals surface area (Å²) in [5, 5.41) is 20.9. The lowest BCUT2D eigenvalue weighted by Gasteiger charge is -2.28. The van der Waals surface area contributed by atoms with Gasteiger partial charge in [-0.3, -0.25) is 19.2 Å². The van der Waals surface area contributed by atoms with Crippen molar-refractivity contribution in [1.82, 2.24) is 20.2 Å². The second kappa shape index (κ2) is 9.12. The number of aliphatic carboxylic acids is 1. The van der Waals surface area contributed by atoms with E-state index in [1.54, 1.807) is 0 Å². The molecule has 3 atom stereocenters. The Morgan fingerprint density at radius 1 is 1.41 bits per heavy atom. The van der Waals surface area contributed by atoms with Gasteiger partial charge < -0.3 is 31.1 Å². The number of primary amides is 1. The highest BCUT2D eigenvalue weighted by Crippen LogP contribution is 2.19. The van der Waals surface area contributed by atoms with Crippen LogP contribution in [0, 0.1) is 0 Å². The van der Waals surface area contributed by atoms with E-state index in [4.69, 9.17) is 10.8 Å². The van der Waals surface area contributed by atoms with Crippen LogP contribution in [0.25, 0.3) is 0 Å². The van der Waals surface area contributed by atoms with Crippen LogP contribution in [-0.4, -0.2) is 73.5 Å². The zero-order valence-corrected chi connectivity index (χ0v) is 14.6. The van der Waals surface area contributed by atoms with Crippen LogP contribution in [0.5, 0.6) is 0 Å². The van der Waals surface area contributed by atoms with Crippen LogP contribution in [0.2, 0.25) is 0 Å². The van der Waals surface area contributed by atoms with E-state index in [1.165, 1.54) is 17.4 Å². The van der Waals surface area contributed by atoms with Gasteiger partial charge in [0, 0.05) is 31.3 Å². The Morgan fingerprint density at radius 3 is 2.74 bits per heavy atom. The predicted molar refractivity (Wildman–Crippen MR) is 91.0 cm³/mol. The molecular weight excluding hydrogens is 358 g/mol. The molecule has 0 aromatic carbocycles. The number of carbonyl (C=O) groups is 4. The molecule has 11 heteroatoms. The first-order chi connectivity index (χ1) is 12.8. The Morgan fingerprint density at radius 2 is 2.15 bits per heavy atom. The first-order valence-electron chi connectivity index (χ1n) is 8.57. The van der Waals surface area contributed by atoms with Crippen molar-refractivity contribution < 1.29 is 29.4 Å². The summed E-state index contributed by atoms with van der Waals surface area (Å²) >= 11 is 0. The molecule has 0 bridgehead atoms. The van der Waals surface area contributed by atoms with Crippen molar-refractivity contribution >= 4 is 23.7 Å². The molecule has 1 saturated heterocycles. The zero-order valence-electron chi connectivity index (χ0n) is 14.6. The summed E-state index contributed by atoms with van der Waals surface area (Å²) in [6.45, 7) is 0.337. The molecule has 11 nitrogen and oxygen atoms in total. The minimum atomic E-state index is -1.57. The summed E-state index contributed by atoms with van der Waals surface area (Å²) in [7, 11) is 0. The third-order valence-corrected chi connectivity index (χ3v) is 4.39. The molecule has 3 amide bonds. The van der Waals surface area contributed by atoms with Crippen LogP contribution in [0.15, 0.2) is 12.5 Å². The van der Waals surface area contributed by atoms with E-state index in [2.05, 4.69) is 15.3 Å². The number of H-pyrrole nitrogens is 1. The molecule has 1 aromatic heterocycles. The van der Waals surface area contributed by atoms with E-state index in [-0.39, 0.29) is 19.3 Å². The lowest BCUT2D eigenvalue weighted by atomic mass is 10.1. The van der Waals surface area contributed by atoms with Crippen LogP contribution in [0.4, 0.5) is 0 Å². The van der Waals surface area contributed by atoms with Crippen molar-refractivity contribution in [1.29, 1.82) is 0 Å². The number of nitrogens with one attached hydrogen (secondary N) is 2. The Labute approximate surface area is 154 Å². The van der Waals surface area contributed by atoms with Crippen molar-refractivity contribution in [2.24, 2.45) is 5.73 Å².